The largest absolute Gasteiger partial charge is 0.384 e. The summed E-state index contributed by atoms with van der Waals surface area (Å²) in [6.07, 6.45) is 0.712. The SMILES string of the molecule is CC(C)CNc1ccccc1C(=O)N1CC(=O)N[C@@H](Cc2ccccc2)C1. The zero-order valence-electron chi connectivity index (χ0n) is 15.9. The Bertz CT molecular complexity index is 789. The third kappa shape index (κ3) is 5.09. The van der Waals surface area contributed by atoms with E-state index in [0.29, 0.717) is 24.4 Å². The Kier molecular flexibility index (Phi) is 6.12. The summed E-state index contributed by atoms with van der Waals surface area (Å²) in [7, 11) is 0. The quantitative estimate of drug-likeness (QED) is 0.827. The van der Waals surface area contributed by atoms with Crippen molar-refractivity contribution in [1.29, 1.82) is 0 Å². The van der Waals surface area contributed by atoms with Crippen LogP contribution in [0.2, 0.25) is 0 Å². The first-order valence-electron chi connectivity index (χ1n) is 9.48. The molecule has 0 saturated carbocycles. The lowest BCUT2D eigenvalue weighted by atomic mass is 10.0. The smallest absolute Gasteiger partial charge is 0.256 e. The number of anilines is 1. The zero-order chi connectivity index (χ0) is 19.2. The van der Waals surface area contributed by atoms with E-state index in [1.165, 1.54) is 0 Å². The Hall–Kier alpha value is -2.82. The van der Waals surface area contributed by atoms with Gasteiger partial charge in [0, 0.05) is 18.8 Å². The summed E-state index contributed by atoms with van der Waals surface area (Å²) < 4.78 is 0. The summed E-state index contributed by atoms with van der Waals surface area (Å²) >= 11 is 0. The van der Waals surface area contributed by atoms with Gasteiger partial charge in [-0.25, -0.2) is 0 Å². The Balaban J connectivity index is 1.73. The molecule has 5 nitrogen and oxygen atoms in total. The molecule has 0 aromatic heterocycles. The Morgan fingerprint density at radius 1 is 1.15 bits per heavy atom. The van der Waals surface area contributed by atoms with Crippen molar-refractivity contribution < 1.29 is 9.59 Å². The van der Waals surface area contributed by atoms with Crippen LogP contribution < -0.4 is 10.6 Å². The molecule has 1 saturated heterocycles. The molecule has 3 rings (SSSR count). The maximum atomic E-state index is 13.1. The molecule has 0 unspecified atom stereocenters. The fourth-order valence-electron chi connectivity index (χ4n) is 3.30. The molecule has 2 N–H and O–H groups in total. The van der Waals surface area contributed by atoms with Gasteiger partial charge in [-0.3, -0.25) is 9.59 Å². The average molecular weight is 365 g/mol. The number of nitrogens with one attached hydrogen (secondary N) is 2. The highest BCUT2D eigenvalue weighted by Crippen LogP contribution is 2.19. The van der Waals surface area contributed by atoms with E-state index in [-0.39, 0.29) is 24.4 Å². The van der Waals surface area contributed by atoms with E-state index in [2.05, 4.69) is 24.5 Å². The zero-order valence-corrected chi connectivity index (χ0v) is 15.9. The molecule has 1 atom stereocenters. The van der Waals surface area contributed by atoms with Gasteiger partial charge in [-0.2, -0.15) is 0 Å². The molecule has 142 valence electrons. The van der Waals surface area contributed by atoms with E-state index in [1.807, 2.05) is 54.6 Å². The Morgan fingerprint density at radius 3 is 2.59 bits per heavy atom. The van der Waals surface area contributed by atoms with Gasteiger partial charge < -0.3 is 15.5 Å². The fraction of sp³-hybridized carbons (Fsp3) is 0.364. The standard InChI is InChI=1S/C22H27N3O2/c1-16(2)13-23-20-11-7-6-10-19(20)22(27)25-14-18(24-21(26)15-25)12-17-8-4-3-5-9-17/h3-11,16,18,23H,12-15H2,1-2H3,(H,24,26)/t18-/m0/s1. The highest BCUT2D eigenvalue weighted by molar-refractivity contribution is 6.01. The second kappa shape index (κ2) is 8.71. The van der Waals surface area contributed by atoms with Gasteiger partial charge in [-0.1, -0.05) is 56.3 Å². The maximum absolute atomic E-state index is 13.1. The van der Waals surface area contributed by atoms with Crippen LogP contribution in [0, 0.1) is 5.92 Å². The van der Waals surface area contributed by atoms with E-state index in [4.69, 9.17) is 0 Å². The van der Waals surface area contributed by atoms with Gasteiger partial charge in [0.15, 0.2) is 0 Å². The summed E-state index contributed by atoms with van der Waals surface area (Å²) in [5.74, 6) is 0.266. The lowest BCUT2D eigenvalue weighted by Gasteiger charge is -2.33. The van der Waals surface area contributed by atoms with Crippen LogP contribution in [-0.2, 0) is 11.2 Å². The van der Waals surface area contributed by atoms with E-state index < -0.39 is 0 Å². The minimum Gasteiger partial charge on any atom is -0.384 e. The number of nitrogens with zero attached hydrogens (tertiary/aromatic N) is 1. The summed E-state index contributed by atoms with van der Waals surface area (Å²) in [5, 5.41) is 6.35. The molecular formula is C22H27N3O2. The van der Waals surface area contributed by atoms with E-state index in [9.17, 15) is 9.59 Å². The summed E-state index contributed by atoms with van der Waals surface area (Å²) in [6.45, 7) is 5.66. The van der Waals surface area contributed by atoms with Crippen molar-refractivity contribution in [3.63, 3.8) is 0 Å². The maximum Gasteiger partial charge on any atom is 0.256 e. The summed E-state index contributed by atoms with van der Waals surface area (Å²) in [5.41, 5.74) is 2.59. The van der Waals surface area contributed by atoms with Crippen LogP contribution >= 0.6 is 0 Å². The second-order valence-electron chi connectivity index (χ2n) is 7.46. The molecule has 2 amide bonds. The van der Waals surface area contributed by atoms with Gasteiger partial charge in [0.05, 0.1) is 18.2 Å². The Labute approximate surface area is 160 Å². The van der Waals surface area contributed by atoms with E-state index >= 15 is 0 Å². The normalized spacial score (nSPS) is 16.9. The highest BCUT2D eigenvalue weighted by atomic mass is 16.2. The van der Waals surface area contributed by atoms with Crippen molar-refractivity contribution in [1.82, 2.24) is 10.2 Å². The van der Waals surface area contributed by atoms with Gasteiger partial charge in [0.25, 0.3) is 5.91 Å². The van der Waals surface area contributed by atoms with Crippen LogP contribution in [0.25, 0.3) is 0 Å². The van der Waals surface area contributed by atoms with Crippen LogP contribution in [0.5, 0.6) is 0 Å². The average Bonchev–Trinajstić information content (AvgIpc) is 2.66. The first kappa shape index (κ1) is 19.0. The molecule has 1 aliphatic heterocycles. The number of benzene rings is 2. The van der Waals surface area contributed by atoms with Crippen molar-refractivity contribution in [3.8, 4) is 0 Å². The first-order chi connectivity index (χ1) is 13.0. The second-order valence-corrected chi connectivity index (χ2v) is 7.46. The number of hydrogen-bond donors (Lipinski definition) is 2. The van der Waals surface area contributed by atoms with Gasteiger partial charge in [0.1, 0.15) is 0 Å². The third-order valence-corrected chi connectivity index (χ3v) is 4.61. The molecule has 1 heterocycles. The number of rotatable bonds is 6. The van der Waals surface area contributed by atoms with Crippen LogP contribution in [0.4, 0.5) is 5.69 Å². The molecule has 0 bridgehead atoms. The number of amides is 2. The van der Waals surface area contributed by atoms with Gasteiger partial charge in [-0.15, -0.1) is 0 Å². The lowest BCUT2D eigenvalue weighted by Crippen LogP contribution is -2.56. The number of hydrogen-bond acceptors (Lipinski definition) is 3. The van der Waals surface area contributed by atoms with Crippen molar-refractivity contribution >= 4 is 17.5 Å². The summed E-state index contributed by atoms with van der Waals surface area (Å²) in [4.78, 5) is 27.0. The predicted octanol–water partition coefficient (Wildman–Crippen LogP) is 2.94. The number of piperazine rings is 1. The van der Waals surface area contributed by atoms with Gasteiger partial charge in [0.2, 0.25) is 5.91 Å². The highest BCUT2D eigenvalue weighted by Gasteiger charge is 2.29. The van der Waals surface area contributed by atoms with Crippen LogP contribution in [0.15, 0.2) is 54.6 Å². The molecule has 1 fully saturated rings. The molecule has 2 aromatic carbocycles. The number of carbonyl (C=O) groups is 2. The lowest BCUT2D eigenvalue weighted by molar-refractivity contribution is -0.124. The first-order valence-corrected chi connectivity index (χ1v) is 9.48. The number of para-hydroxylation sites is 1. The molecule has 0 aliphatic carbocycles. The van der Waals surface area contributed by atoms with Crippen LogP contribution in [-0.4, -0.2) is 42.4 Å². The minimum absolute atomic E-state index is 0.0756. The van der Waals surface area contributed by atoms with E-state index in [1.54, 1.807) is 4.90 Å². The number of carbonyl (C=O) groups excluding carboxylic acids is 2. The monoisotopic (exact) mass is 365 g/mol. The fourth-order valence-corrected chi connectivity index (χ4v) is 3.30. The van der Waals surface area contributed by atoms with Crippen LogP contribution in [0.1, 0.15) is 29.8 Å². The Morgan fingerprint density at radius 2 is 1.85 bits per heavy atom. The van der Waals surface area contributed by atoms with Crippen molar-refractivity contribution in [2.45, 2.75) is 26.3 Å². The van der Waals surface area contributed by atoms with Crippen molar-refractivity contribution in [2.75, 3.05) is 25.0 Å². The van der Waals surface area contributed by atoms with Gasteiger partial charge in [-0.05, 0) is 30.0 Å². The van der Waals surface area contributed by atoms with Gasteiger partial charge >= 0.3 is 0 Å². The molecular weight excluding hydrogens is 338 g/mol. The van der Waals surface area contributed by atoms with E-state index in [0.717, 1.165) is 17.8 Å². The summed E-state index contributed by atoms with van der Waals surface area (Å²) in [6, 6.07) is 17.5. The molecule has 0 radical (unpaired) electrons. The third-order valence-electron chi connectivity index (χ3n) is 4.61. The van der Waals surface area contributed by atoms with Crippen molar-refractivity contribution in [2.24, 2.45) is 5.92 Å². The molecule has 5 heteroatoms. The predicted molar refractivity (Wildman–Crippen MR) is 108 cm³/mol. The molecule has 1 aliphatic rings. The minimum atomic E-state index is -0.108. The van der Waals surface area contributed by atoms with Crippen LogP contribution in [0.3, 0.4) is 0 Å². The topological polar surface area (TPSA) is 61.4 Å². The molecule has 2 aromatic rings. The molecule has 0 spiro atoms. The van der Waals surface area contributed by atoms with Crippen molar-refractivity contribution in [3.05, 3.63) is 65.7 Å². The molecule has 27 heavy (non-hydrogen) atoms.